The molecule has 3 aromatic heterocycles. The van der Waals surface area contributed by atoms with Crippen molar-refractivity contribution in [2.45, 2.75) is 25.4 Å². The zero-order chi connectivity index (χ0) is 17.7. The van der Waals surface area contributed by atoms with Gasteiger partial charge in [0.2, 0.25) is 0 Å². The molecule has 26 heavy (non-hydrogen) atoms. The molecule has 1 atom stereocenters. The van der Waals surface area contributed by atoms with Gasteiger partial charge >= 0.3 is 0 Å². The van der Waals surface area contributed by atoms with Crippen LogP contribution in [0, 0.1) is 5.82 Å². The second-order valence-electron chi connectivity index (χ2n) is 6.52. The minimum absolute atomic E-state index is 0.0879. The number of rotatable bonds is 3. The summed E-state index contributed by atoms with van der Waals surface area (Å²) in [7, 11) is 0. The molecular weight excluding hydrogens is 337 g/mol. The lowest BCUT2D eigenvalue weighted by atomic mass is 10.2. The summed E-state index contributed by atoms with van der Waals surface area (Å²) in [4.78, 5) is 30.7. The first kappa shape index (κ1) is 15.2. The number of halogens is 1. The molecule has 4 heterocycles. The summed E-state index contributed by atoms with van der Waals surface area (Å²) < 4.78 is 14.7. The van der Waals surface area contributed by atoms with Crippen molar-refractivity contribution < 1.29 is 4.39 Å². The molecule has 1 aliphatic heterocycles. The van der Waals surface area contributed by atoms with Gasteiger partial charge in [-0.15, -0.1) is 0 Å². The number of hydrogen-bond donors (Lipinski definition) is 2. The fourth-order valence-corrected chi connectivity index (χ4v) is 3.64. The Morgan fingerprint density at radius 3 is 3.12 bits per heavy atom. The highest BCUT2D eigenvalue weighted by atomic mass is 19.1. The Labute approximate surface area is 146 Å². The summed E-state index contributed by atoms with van der Waals surface area (Å²) in [5.74, 6) is 0.899. The van der Waals surface area contributed by atoms with E-state index in [4.69, 9.17) is 0 Å². The monoisotopic (exact) mass is 353 g/mol. The lowest BCUT2D eigenvalue weighted by Crippen LogP contribution is -2.26. The number of hydrogen-bond acceptors (Lipinski definition) is 5. The molecule has 9 heteroatoms. The van der Waals surface area contributed by atoms with Crippen molar-refractivity contribution in [2.24, 2.45) is 0 Å². The lowest BCUT2D eigenvalue weighted by molar-refractivity contribution is 0.238. The van der Waals surface area contributed by atoms with E-state index in [0.29, 0.717) is 23.5 Å². The Morgan fingerprint density at radius 2 is 2.19 bits per heavy atom. The Morgan fingerprint density at radius 1 is 1.27 bits per heavy atom. The molecule has 4 aromatic rings. The minimum Gasteiger partial charge on any atom is -0.341 e. The third-order valence-electron chi connectivity index (χ3n) is 4.83. The van der Waals surface area contributed by atoms with Gasteiger partial charge in [-0.05, 0) is 37.6 Å². The van der Waals surface area contributed by atoms with Gasteiger partial charge < -0.3 is 4.98 Å². The van der Waals surface area contributed by atoms with Crippen LogP contribution in [0.1, 0.15) is 30.4 Å². The predicted molar refractivity (Wildman–Crippen MR) is 92.0 cm³/mol. The van der Waals surface area contributed by atoms with E-state index < -0.39 is 0 Å². The van der Waals surface area contributed by atoms with E-state index >= 15 is 0 Å². The predicted octanol–water partition coefficient (Wildman–Crippen LogP) is 1.77. The van der Waals surface area contributed by atoms with Gasteiger partial charge in [0.1, 0.15) is 18.0 Å². The van der Waals surface area contributed by atoms with Crippen LogP contribution in [-0.2, 0) is 6.54 Å². The highest BCUT2D eigenvalue weighted by molar-refractivity contribution is 5.75. The van der Waals surface area contributed by atoms with Gasteiger partial charge in [-0.1, -0.05) is 0 Å². The Bertz CT molecular complexity index is 1160. The summed E-state index contributed by atoms with van der Waals surface area (Å²) in [5, 5.41) is 2.73. The summed E-state index contributed by atoms with van der Waals surface area (Å²) >= 11 is 0. The zero-order valence-corrected chi connectivity index (χ0v) is 13.8. The van der Waals surface area contributed by atoms with E-state index in [1.807, 2.05) is 0 Å². The van der Waals surface area contributed by atoms with Gasteiger partial charge in [-0.25, -0.2) is 19.3 Å². The van der Waals surface area contributed by atoms with E-state index in [2.05, 4.69) is 29.9 Å². The smallest absolute Gasteiger partial charge is 0.274 e. The molecule has 0 radical (unpaired) electrons. The second-order valence-corrected chi connectivity index (χ2v) is 6.52. The third-order valence-corrected chi connectivity index (χ3v) is 4.83. The van der Waals surface area contributed by atoms with Crippen molar-refractivity contribution >= 4 is 16.8 Å². The SMILES string of the molecule is O=c1cc(CN2CCC[C@@H]2c2nc3ccc(F)cc3[nH]2)nc2nc[nH]n12. The maximum atomic E-state index is 13.4. The van der Waals surface area contributed by atoms with Crippen LogP contribution in [-0.4, -0.2) is 41.0 Å². The van der Waals surface area contributed by atoms with Crippen molar-refractivity contribution in [2.75, 3.05) is 6.54 Å². The second kappa shape index (κ2) is 5.73. The average molecular weight is 353 g/mol. The minimum atomic E-state index is -0.284. The highest BCUT2D eigenvalue weighted by Gasteiger charge is 2.29. The molecule has 0 aliphatic carbocycles. The zero-order valence-electron chi connectivity index (χ0n) is 13.8. The molecule has 0 amide bonds. The van der Waals surface area contributed by atoms with Crippen molar-refractivity contribution in [3.63, 3.8) is 0 Å². The van der Waals surface area contributed by atoms with E-state index in [-0.39, 0.29) is 17.4 Å². The van der Waals surface area contributed by atoms with Gasteiger partial charge in [0.05, 0.1) is 22.8 Å². The Balaban J connectivity index is 1.46. The maximum Gasteiger partial charge on any atom is 0.274 e. The Kier molecular flexibility index (Phi) is 3.35. The number of benzene rings is 1. The van der Waals surface area contributed by atoms with Gasteiger partial charge in [0, 0.05) is 12.6 Å². The first-order valence-electron chi connectivity index (χ1n) is 8.49. The van der Waals surface area contributed by atoms with Crippen molar-refractivity contribution in [1.29, 1.82) is 0 Å². The maximum absolute atomic E-state index is 13.4. The Hall–Kier alpha value is -3.07. The first-order chi connectivity index (χ1) is 12.7. The highest BCUT2D eigenvalue weighted by Crippen LogP contribution is 2.32. The summed E-state index contributed by atoms with van der Waals surface area (Å²) in [6.45, 7) is 1.42. The number of nitrogens with one attached hydrogen (secondary N) is 2. The molecule has 5 rings (SSSR count). The normalized spacial score (nSPS) is 18.3. The van der Waals surface area contributed by atoms with Crippen molar-refractivity contribution in [3.8, 4) is 0 Å². The number of fused-ring (bicyclic) bond motifs is 2. The third kappa shape index (κ3) is 2.48. The number of likely N-dealkylation sites (tertiary alicyclic amines) is 1. The first-order valence-corrected chi connectivity index (χ1v) is 8.49. The summed E-state index contributed by atoms with van der Waals surface area (Å²) in [6.07, 6.45) is 3.42. The molecule has 132 valence electrons. The molecule has 1 saturated heterocycles. The molecule has 1 fully saturated rings. The van der Waals surface area contributed by atoms with Crippen molar-refractivity contribution in [3.05, 3.63) is 58.3 Å². The molecule has 0 bridgehead atoms. The number of aromatic nitrogens is 6. The average Bonchev–Trinajstić information content (AvgIpc) is 3.32. The van der Waals surface area contributed by atoms with Gasteiger partial charge in [-0.2, -0.15) is 4.52 Å². The number of H-pyrrole nitrogens is 2. The summed E-state index contributed by atoms with van der Waals surface area (Å²) in [5.41, 5.74) is 1.94. The molecule has 0 spiro atoms. The van der Waals surface area contributed by atoms with Crippen LogP contribution in [0.5, 0.6) is 0 Å². The van der Waals surface area contributed by atoms with Gasteiger partial charge in [0.15, 0.2) is 0 Å². The number of imidazole rings is 1. The molecule has 1 aromatic carbocycles. The number of aromatic amines is 2. The molecular formula is C17H16FN7O. The summed E-state index contributed by atoms with van der Waals surface area (Å²) in [6, 6.07) is 6.16. The van der Waals surface area contributed by atoms with Crippen LogP contribution in [0.3, 0.4) is 0 Å². The molecule has 0 saturated carbocycles. The van der Waals surface area contributed by atoms with Crippen LogP contribution in [0.25, 0.3) is 16.8 Å². The molecule has 0 unspecified atom stereocenters. The van der Waals surface area contributed by atoms with Crippen LogP contribution in [0.4, 0.5) is 4.39 Å². The van der Waals surface area contributed by atoms with E-state index in [9.17, 15) is 9.18 Å². The van der Waals surface area contributed by atoms with Gasteiger partial charge in [-0.3, -0.25) is 14.8 Å². The lowest BCUT2D eigenvalue weighted by Gasteiger charge is -2.22. The van der Waals surface area contributed by atoms with Crippen LogP contribution < -0.4 is 5.56 Å². The molecule has 8 nitrogen and oxygen atoms in total. The largest absolute Gasteiger partial charge is 0.341 e. The number of nitrogens with zero attached hydrogens (tertiary/aromatic N) is 5. The van der Waals surface area contributed by atoms with E-state index in [1.165, 1.54) is 29.0 Å². The quantitative estimate of drug-likeness (QED) is 0.585. The topological polar surface area (TPSA) is 95.0 Å². The standard InChI is InChI=1S/C17H16FN7O/c18-10-3-4-12-13(6-10)23-16(22-12)14-2-1-5-24(14)8-11-7-15(26)25-17(21-11)19-9-20-25/h3-4,6-7,9,14H,1-2,5,8H2,(H,22,23)(H,19,20,21)/t14-/m1/s1. The fraction of sp³-hybridized carbons (Fsp3) is 0.294. The molecule has 1 aliphatic rings. The van der Waals surface area contributed by atoms with E-state index in [0.717, 1.165) is 30.7 Å². The van der Waals surface area contributed by atoms with Crippen LogP contribution in [0.15, 0.2) is 35.4 Å². The van der Waals surface area contributed by atoms with Crippen molar-refractivity contribution in [1.82, 2.24) is 34.4 Å². The van der Waals surface area contributed by atoms with Crippen LogP contribution in [0.2, 0.25) is 0 Å². The van der Waals surface area contributed by atoms with Gasteiger partial charge in [0.25, 0.3) is 11.3 Å². The van der Waals surface area contributed by atoms with E-state index in [1.54, 1.807) is 6.07 Å². The fourth-order valence-electron chi connectivity index (χ4n) is 3.64. The molecule has 2 N–H and O–H groups in total. The van der Waals surface area contributed by atoms with Crippen LogP contribution >= 0.6 is 0 Å².